The van der Waals surface area contributed by atoms with Crippen LogP contribution in [0, 0.1) is 6.92 Å². The average Bonchev–Trinajstić information content (AvgIpc) is 2.89. The molecule has 10 heteroatoms. The molecule has 0 fully saturated rings. The third kappa shape index (κ3) is 3.27. The molecular weight excluding hydrogens is 371 g/mol. The van der Waals surface area contributed by atoms with Crippen molar-refractivity contribution in [2.24, 2.45) is 9.63 Å². The number of hydrogen-bond acceptors (Lipinski definition) is 4. The maximum absolute atomic E-state index is 13.0. The van der Waals surface area contributed by atoms with Crippen LogP contribution in [-0.2, 0) is 16.2 Å². The van der Waals surface area contributed by atoms with E-state index in [1.165, 1.54) is 18.2 Å². The highest BCUT2D eigenvalue weighted by Crippen LogP contribution is 2.41. The molecule has 2 aromatic carbocycles. The molecular formula is C16H12F3N3O3S. The van der Waals surface area contributed by atoms with Crippen LogP contribution < -0.4 is 0 Å². The number of aryl methyl sites for hydroxylation is 1. The van der Waals surface area contributed by atoms with E-state index in [1.807, 2.05) is 0 Å². The van der Waals surface area contributed by atoms with Gasteiger partial charge in [0.2, 0.25) is 0 Å². The van der Waals surface area contributed by atoms with Gasteiger partial charge in [-0.05, 0) is 31.2 Å². The minimum absolute atomic E-state index is 0.126. The van der Waals surface area contributed by atoms with E-state index in [0.29, 0.717) is 0 Å². The average molecular weight is 383 g/mol. The molecule has 1 heterocycles. The Labute approximate surface area is 146 Å². The Bertz CT molecular complexity index is 1100. The van der Waals surface area contributed by atoms with Gasteiger partial charge in [0.05, 0.1) is 16.0 Å². The number of hydrogen-bond donors (Lipinski definition) is 2. The van der Waals surface area contributed by atoms with Crippen molar-refractivity contribution in [2.45, 2.75) is 18.0 Å². The van der Waals surface area contributed by atoms with E-state index >= 15 is 0 Å². The molecule has 0 aliphatic heterocycles. The van der Waals surface area contributed by atoms with Crippen LogP contribution in [0.3, 0.4) is 0 Å². The van der Waals surface area contributed by atoms with Crippen LogP contribution in [0.5, 0.6) is 5.75 Å². The molecule has 0 saturated carbocycles. The summed E-state index contributed by atoms with van der Waals surface area (Å²) in [6, 6.07) is 9.01. The summed E-state index contributed by atoms with van der Waals surface area (Å²) in [5.74, 6) is -1.10. The first-order valence-electron chi connectivity index (χ1n) is 7.25. The van der Waals surface area contributed by atoms with Gasteiger partial charge < -0.3 is 10.1 Å². The van der Waals surface area contributed by atoms with Crippen molar-refractivity contribution < 1.29 is 26.7 Å². The molecule has 2 N–H and O–H groups in total. The number of halogens is 3. The van der Waals surface area contributed by atoms with Crippen molar-refractivity contribution in [3.63, 3.8) is 0 Å². The molecule has 0 unspecified atom stereocenters. The number of aromatic nitrogens is 1. The predicted molar refractivity (Wildman–Crippen MR) is 87.8 cm³/mol. The van der Waals surface area contributed by atoms with E-state index in [9.17, 15) is 26.7 Å². The topological polar surface area (TPSA) is 94.9 Å². The Morgan fingerprint density at radius 1 is 1.08 bits per heavy atom. The summed E-state index contributed by atoms with van der Waals surface area (Å²) in [4.78, 5) is 2.15. The molecule has 0 spiro atoms. The smallest absolute Gasteiger partial charge is 0.418 e. The number of fused-ring (bicyclic) bond motifs is 1. The molecule has 26 heavy (non-hydrogen) atoms. The number of aromatic amines is 1. The van der Waals surface area contributed by atoms with Gasteiger partial charge in [-0.3, -0.25) is 0 Å². The second kappa shape index (κ2) is 6.13. The van der Waals surface area contributed by atoms with Crippen LogP contribution in [0.1, 0.15) is 11.1 Å². The number of H-pyrrole nitrogens is 1. The lowest BCUT2D eigenvalue weighted by Crippen LogP contribution is -2.05. The number of alkyl halides is 3. The molecule has 3 rings (SSSR count). The van der Waals surface area contributed by atoms with Gasteiger partial charge in [-0.15, -0.1) is 5.11 Å². The fraction of sp³-hybridized carbons (Fsp3) is 0.125. The van der Waals surface area contributed by atoms with Crippen LogP contribution >= 0.6 is 0 Å². The van der Waals surface area contributed by atoms with E-state index in [-0.39, 0.29) is 10.3 Å². The van der Waals surface area contributed by atoms with Gasteiger partial charge in [0.1, 0.15) is 0 Å². The highest BCUT2D eigenvalue weighted by Gasteiger charge is 2.34. The second-order valence-corrected chi connectivity index (χ2v) is 7.10. The largest absolute Gasteiger partial charge is 0.504 e. The Kier molecular flexibility index (Phi) is 4.23. The monoisotopic (exact) mass is 383 g/mol. The molecule has 0 saturated heterocycles. The second-order valence-electron chi connectivity index (χ2n) is 5.52. The highest BCUT2D eigenvalue weighted by molar-refractivity contribution is 7.90. The molecule has 6 nitrogen and oxygen atoms in total. The lowest BCUT2D eigenvalue weighted by molar-refractivity contribution is -0.136. The van der Waals surface area contributed by atoms with Gasteiger partial charge in [0.15, 0.2) is 11.6 Å². The van der Waals surface area contributed by atoms with E-state index in [0.717, 1.165) is 17.7 Å². The summed E-state index contributed by atoms with van der Waals surface area (Å²) >= 11 is 0. The van der Waals surface area contributed by atoms with Gasteiger partial charge >= 0.3 is 6.18 Å². The molecule has 0 bridgehead atoms. The first-order chi connectivity index (χ1) is 12.1. The third-order valence-corrected chi connectivity index (χ3v) is 4.82. The molecule has 0 aliphatic carbocycles. The number of rotatable bonds is 3. The number of nitrogens with one attached hydrogen (secondary N) is 1. The first-order valence-corrected chi connectivity index (χ1v) is 8.69. The molecule has 0 atom stereocenters. The minimum Gasteiger partial charge on any atom is -0.504 e. The zero-order valence-electron chi connectivity index (χ0n) is 13.2. The van der Waals surface area contributed by atoms with Crippen LogP contribution in [0.2, 0.25) is 0 Å². The van der Waals surface area contributed by atoms with Gasteiger partial charge in [-0.1, -0.05) is 28.3 Å². The van der Waals surface area contributed by atoms with Crippen LogP contribution in [-0.4, -0.2) is 18.5 Å². The molecule has 0 aliphatic rings. The zero-order valence-corrected chi connectivity index (χ0v) is 14.1. The van der Waals surface area contributed by atoms with E-state index < -0.39 is 38.8 Å². The van der Waals surface area contributed by atoms with Gasteiger partial charge in [-0.25, -0.2) is 0 Å². The van der Waals surface area contributed by atoms with Crippen LogP contribution in [0.15, 0.2) is 57.0 Å². The highest BCUT2D eigenvalue weighted by atomic mass is 32.2. The predicted octanol–water partition coefficient (Wildman–Crippen LogP) is 4.67. The van der Waals surface area contributed by atoms with Crippen molar-refractivity contribution in [2.75, 3.05) is 0 Å². The molecule has 136 valence electrons. The van der Waals surface area contributed by atoms with Crippen molar-refractivity contribution in [3.8, 4) is 5.75 Å². The number of benzene rings is 2. The van der Waals surface area contributed by atoms with Gasteiger partial charge in [0, 0.05) is 5.39 Å². The maximum atomic E-state index is 13.0. The van der Waals surface area contributed by atoms with Gasteiger partial charge in [0.25, 0.3) is 10.0 Å². The van der Waals surface area contributed by atoms with Crippen LogP contribution in [0.25, 0.3) is 10.9 Å². The summed E-state index contributed by atoms with van der Waals surface area (Å²) in [6.45, 7) is 1.78. The lowest BCUT2D eigenvalue weighted by Gasteiger charge is -2.06. The molecule has 1 aromatic heterocycles. The Morgan fingerprint density at radius 2 is 1.73 bits per heavy atom. The molecule has 3 aromatic rings. The number of sulfonamides is 1. The summed E-state index contributed by atoms with van der Waals surface area (Å²) in [6.07, 6.45) is -4.65. The van der Waals surface area contributed by atoms with Crippen molar-refractivity contribution in [1.82, 2.24) is 4.98 Å². The fourth-order valence-electron chi connectivity index (χ4n) is 2.35. The Balaban J connectivity index is 2.05. The lowest BCUT2D eigenvalue weighted by atomic mass is 10.1. The molecule has 0 radical (unpaired) electrons. The summed E-state index contributed by atoms with van der Waals surface area (Å²) in [5, 5.41) is 13.3. The standard InChI is InChI=1S/C16H12F3N3O3S/c1-9-5-7-10(8-6-9)26(24,25)22-21-15-14(23)11-3-2-4-12(13(11)20-15)16(17,18)19/h2-8,20,23H,1H3. The summed E-state index contributed by atoms with van der Waals surface area (Å²) in [5.41, 5.74) is -0.568. The Hall–Kier alpha value is -2.88. The third-order valence-electron chi connectivity index (χ3n) is 3.66. The fourth-order valence-corrected chi connectivity index (χ4v) is 3.11. The quantitative estimate of drug-likeness (QED) is 0.643. The van der Waals surface area contributed by atoms with E-state index in [2.05, 4.69) is 14.6 Å². The first kappa shape index (κ1) is 17.9. The SMILES string of the molecule is Cc1ccc(S(=O)(=O)N=Nc2[nH]c3c(C(F)(F)F)cccc3c2O)cc1. The van der Waals surface area contributed by atoms with Crippen molar-refractivity contribution in [1.29, 1.82) is 0 Å². The van der Waals surface area contributed by atoms with Crippen molar-refractivity contribution in [3.05, 3.63) is 53.6 Å². The van der Waals surface area contributed by atoms with E-state index in [4.69, 9.17) is 0 Å². The minimum atomic E-state index is -4.65. The number of nitrogens with zero attached hydrogens (tertiary/aromatic N) is 2. The van der Waals surface area contributed by atoms with Crippen LogP contribution in [0.4, 0.5) is 19.0 Å². The van der Waals surface area contributed by atoms with E-state index in [1.54, 1.807) is 19.1 Å². The molecule has 0 amide bonds. The van der Waals surface area contributed by atoms with Gasteiger partial charge in [-0.2, -0.15) is 21.6 Å². The summed E-state index contributed by atoms with van der Waals surface area (Å²) < 4.78 is 66.6. The normalized spacial score (nSPS) is 12.9. The number of aromatic hydroxyl groups is 1. The summed E-state index contributed by atoms with van der Waals surface area (Å²) in [7, 11) is -4.16. The Morgan fingerprint density at radius 3 is 2.35 bits per heavy atom. The maximum Gasteiger partial charge on any atom is 0.418 e. The van der Waals surface area contributed by atoms with Crippen molar-refractivity contribution >= 4 is 26.7 Å². The zero-order chi connectivity index (χ0) is 19.1. The number of para-hydroxylation sites is 1.